The number of amides is 1. The predicted octanol–water partition coefficient (Wildman–Crippen LogP) is 5.61. The van der Waals surface area contributed by atoms with Crippen LogP contribution in [0, 0.1) is 19.8 Å². The molecule has 0 bridgehead atoms. The fourth-order valence-electron chi connectivity index (χ4n) is 4.06. The highest BCUT2D eigenvalue weighted by Crippen LogP contribution is 2.26. The summed E-state index contributed by atoms with van der Waals surface area (Å²) in [5, 5.41) is 7.33. The van der Waals surface area contributed by atoms with Crippen LogP contribution in [0.3, 0.4) is 0 Å². The Labute approximate surface area is 186 Å². The Kier molecular flexibility index (Phi) is 7.48. The summed E-state index contributed by atoms with van der Waals surface area (Å²) in [7, 11) is 0. The molecule has 2 N–H and O–H groups in total. The molecule has 2 aromatic carbocycles. The van der Waals surface area contributed by atoms with E-state index in [1.165, 1.54) is 23.1 Å². The molecule has 1 fully saturated rings. The number of rotatable bonds is 5. The van der Waals surface area contributed by atoms with Gasteiger partial charge in [0.2, 0.25) is 0 Å². The van der Waals surface area contributed by atoms with Crippen LogP contribution in [-0.4, -0.2) is 29.0 Å². The van der Waals surface area contributed by atoms with Gasteiger partial charge in [-0.15, -0.1) is 0 Å². The van der Waals surface area contributed by atoms with Crippen LogP contribution < -0.4 is 10.6 Å². The molecule has 0 spiro atoms. The zero-order chi connectivity index (χ0) is 21.7. The van der Waals surface area contributed by atoms with Crippen molar-refractivity contribution in [3.8, 4) is 0 Å². The molecule has 4 nitrogen and oxygen atoms in total. The van der Waals surface area contributed by atoms with Crippen molar-refractivity contribution < 1.29 is 4.79 Å². The highest BCUT2D eigenvalue weighted by atomic mass is 32.1. The standard InChI is InChI=1S/C25H33N3OS/c1-17(2)23(22-13-8-18(3)16-19(22)4)27-25(30)26-21-11-9-20(10-12-21)24(29)28-14-6-5-7-15-28/h8-13,16-17,23H,5-7,14-15H2,1-4H3,(H2,26,27,30). The monoisotopic (exact) mass is 423 g/mol. The number of nitrogens with one attached hydrogen (secondary N) is 2. The summed E-state index contributed by atoms with van der Waals surface area (Å²) in [5.41, 5.74) is 5.41. The predicted molar refractivity (Wildman–Crippen MR) is 129 cm³/mol. The number of benzene rings is 2. The molecule has 30 heavy (non-hydrogen) atoms. The van der Waals surface area contributed by atoms with Crippen LogP contribution in [-0.2, 0) is 0 Å². The van der Waals surface area contributed by atoms with E-state index in [1.54, 1.807) is 0 Å². The molecule has 0 radical (unpaired) electrons. The van der Waals surface area contributed by atoms with E-state index in [1.807, 2.05) is 29.2 Å². The van der Waals surface area contributed by atoms with Gasteiger partial charge in [0.25, 0.3) is 5.91 Å². The lowest BCUT2D eigenvalue weighted by molar-refractivity contribution is 0.0724. The molecule has 3 rings (SSSR count). The van der Waals surface area contributed by atoms with Crippen LogP contribution in [0.25, 0.3) is 0 Å². The van der Waals surface area contributed by atoms with E-state index >= 15 is 0 Å². The van der Waals surface area contributed by atoms with Crippen molar-refractivity contribution >= 4 is 28.9 Å². The van der Waals surface area contributed by atoms with Crippen LogP contribution >= 0.6 is 12.2 Å². The average Bonchev–Trinajstić information content (AvgIpc) is 2.73. The van der Waals surface area contributed by atoms with E-state index < -0.39 is 0 Å². The molecule has 1 aliphatic heterocycles. The summed E-state index contributed by atoms with van der Waals surface area (Å²) in [5.74, 6) is 0.507. The zero-order valence-electron chi connectivity index (χ0n) is 18.5. The minimum atomic E-state index is 0.122. The summed E-state index contributed by atoms with van der Waals surface area (Å²) in [6.07, 6.45) is 3.42. The molecule has 1 aliphatic rings. The minimum absolute atomic E-state index is 0.122. The minimum Gasteiger partial charge on any atom is -0.355 e. The Balaban J connectivity index is 1.63. The van der Waals surface area contributed by atoms with Crippen LogP contribution in [0.4, 0.5) is 5.69 Å². The van der Waals surface area contributed by atoms with Gasteiger partial charge < -0.3 is 15.5 Å². The summed E-state index contributed by atoms with van der Waals surface area (Å²) < 4.78 is 0. The number of likely N-dealkylation sites (tertiary alicyclic amines) is 1. The second-order valence-corrected chi connectivity index (χ2v) is 9.02. The smallest absolute Gasteiger partial charge is 0.253 e. The maximum atomic E-state index is 12.6. The lowest BCUT2D eigenvalue weighted by Gasteiger charge is -2.27. The van der Waals surface area contributed by atoms with Gasteiger partial charge in [0.1, 0.15) is 0 Å². The SMILES string of the molecule is Cc1ccc(C(NC(=S)Nc2ccc(C(=O)N3CCCCC3)cc2)C(C)C)c(C)c1. The molecule has 1 saturated heterocycles. The molecule has 1 heterocycles. The number of anilines is 1. The van der Waals surface area contributed by atoms with Crippen LogP contribution in [0.1, 0.15) is 66.2 Å². The van der Waals surface area contributed by atoms with E-state index in [9.17, 15) is 4.79 Å². The third-order valence-corrected chi connectivity index (χ3v) is 5.97. The molecule has 1 atom stereocenters. The molecular formula is C25H33N3OS. The third kappa shape index (κ3) is 5.60. The van der Waals surface area contributed by atoms with Crippen LogP contribution in [0.5, 0.6) is 0 Å². The number of hydrogen-bond donors (Lipinski definition) is 2. The topological polar surface area (TPSA) is 44.4 Å². The first kappa shape index (κ1) is 22.3. The Morgan fingerprint density at radius 2 is 1.67 bits per heavy atom. The Bertz CT molecular complexity index is 886. The lowest BCUT2D eigenvalue weighted by atomic mass is 9.92. The van der Waals surface area contributed by atoms with Gasteiger partial charge in [-0.3, -0.25) is 4.79 Å². The quantitative estimate of drug-likeness (QED) is 0.613. The molecule has 0 saturated carbocycles. The molecule has 5 heteroatoms. The Morgan fingerprint density at radius 3 is 2.27 bits per heavy atom. The Morgan fingerprint density at radius 1 is 1.00 bits per heavy atom. The molecular weight excluding hydrogens is 390 g/mol. The maximum absolute atomic E-state index is 12.6. The van der Waals surface area contributed by atoms with Gasteiger partial charge in [-0.2, -0.15) is 0 Å². The average molecular weight is 424 g/mol. The number of thiocarbonyl (C=S) groups is 1. The number of carbonyl (C=O) groups excluding carboxylic acids is 1. The van der Waals surface area contributed by atoms with Crippen molar-refractivity contribution in [3.63, 3.8) is 0 Å². The van der Waals surface area contributed by atoms with Crippen molar-refractivity contribution in [1.29, 1.82) is 0 Å². The molecule has 1 amide bonds. The van der Waals surface area contributed by atoms with Gasteiger partial charge in [-0.05, 0) is 86.6 Å². The van der Waals surface area contributed by atoms with Gasteiger partial charge in [-0.25, -0.2) is 0 Å². The van der Waals surface area contributed by atoms with E-state index in [-0.39, 0.29) is 11.9 Å². The van der Waals surface area contributed by atoms with E-state index in [2.05, 4.69) is 56.5 Å². The fourth-order valence-corrected chi connectivity index (χ4v) is 4.31. The summed E-state index contributed by atoms with van der Waals surface area (Å²) in [6, 6.07) is 14.3. The Hall–Kier alpha value is -2.40. The zero-order valence-corrected chi connectivity index (χ0v) is 19.3. The first-order valence-corrected chi connectivity index (χ1v) is 11.3. The number of carbonyl (C=O) groups is 1. The maximum Gasteiger partial charge on any atom is 0.253 e. The first-order valence-electron chi connectivity index (χ1n) is 10.9. The van der Waals surface area contributed by atoms with Crippen molar-refractivity contribution in [2.24, 2.45) is 5.92 Å². The van der Waals surface area contributed by atoms with Gasteiger partial charge in [0.15, 0.2) is 5.11 Å². The molecule has 1 unspecified atom stereocenters. The van der Waals surface area contributed by atoms with Gasteiger partial charge in [0.05, 0.1) is 6.04 Å². The van der Waals surface area contributed by atoms with Crippen LogP contribution in [0.2, 0.25) is 0 Å². The summed E-state index contributed by atoms with van der Waals surface area (Å²) in [4.78, 5) is 14.6. The largest absolute Gasteiger partial charge is 0.355 e. The van der Waals surface area contributed by atoms with Gasteiger partial charge in [-0.1, -0.05) is 37.6 Å². The first-order chi connectivity index (χ1) is 14.3. The van der Waals surface area contributed by atoms with Gasteiger partial charge in [0, 0.05) is 24.3 Å². The van der Waals surface area contributed by atoms with Crippen molar-refractivity contribution in [1.82, 2.24) is 10.2 Å². The van der Waals surface area contributed by atoms with Crippen molar-refractivity contribution in [3.05, 3.63) is 64.7 Å². The van der Waals surface area contributed by atoms with Crippen molar-refractivity contribution in [2.75, 3.05) is 18.4 Å². The normalized spacial score (nSPS) is 15.0. The molecule has 0 aliphatic carbocycles. The van der Waals surface area contributed by atoms with Crippen molar-refractivity contribution in [2.45, 2.75) is 53.0 Å². The van der Waals surface area contributed by atoms with E-state index in [0.29, 0.717) is 11.0 Å². The summed E-state index contributed by atoms with van der Waals surface area (Å²) >= 11 is 5.59. The highest BCUT2D eigenvalue weighted by molar-refractivity contribution is 7.80. The number of piperidine rings is 1. The second-order valence-electron chi connectivity index (χ2n) is 8.61. The molecule has 2 aromatic rings. The number of hydrogen-bond acceptors (Lipinski definition) is 2. The van der Waals surface area contributed by atoms with Gasteiger partial charge >= 0.3 is 0 Å². The number of nitrogens with zero attached hydrogens (tertiary/aromatic N) is 1. The van der Waals surface area contributed by atoms with E-state index in [0.717, 1.165) is 37.2 Å². The fraction of sp³-hybridized carbons (Fsp3) is 0.440. The second kappa shape index (κ2) is 10.1. The third-order valence-electron chi connectivity index (χ3n) is 5.75. The number of aryl methyl sites for hydroxylation is 2. The highest BCUT2D eigenvalue weighted by Gasteiger charge is 2.20. The van der Waals surface area contributed by atoms with Crippen LogP contribution in [0.15, 0.2) is 42.5 Å². The molecule has 0 aromatic heterocycles. The lowest BCUT2D eigenvalue weighted by Crippen LogP contribution is -2.36. The van der Waals surface area contributed by atoms with E-state index in [4.69, 9.17) is 12.2 Å². The molecule has 160 valence electrons. The summed E-state index contributed by atoms with van der Waals surface area (Å²) in [6.45, 7) is 10.4.